The molecule has 2 rings (SSSR count). The first-order valence-electron chi connectivity index (χ1n) is 4.65. The minimum Gasteiger partial charge on any atom is -0.294 e. The largest absolute Gasteiger partial charge is 0.294 e. The molecular formula is C11H14O. The van der Waals surface area contributed by atoms with Crippen LogP contribution in [-0.2, 0) is 4.79 Å². The van der Waals surface area contributed by atoms with Gasteiger partial charge in [-0.25, -0.2) is 0 Å². The van der Waals surface area contributed by atoms with E-state index in [2.05, 4.69) is 6.58 Å². The predicted octanol–water partition coefficient (Wildman–Crippen LogP) is 2.63. The number of hydrogen-bond donors (Lipinski definition) is 0. The van der Waals surface area contributed by atoms with Gasteiger partial charge in [-0.15, -0.1) is 0 Å². The molecule has 1 heteroatoms. The molecule has 0 aliphatic heterocycles. The van der Waals surface area contributed by atoms with Crippen molar-refractivity contribution in [3.63, 3.8) is 0 Å². The summed E-state index contributed by atoms with van der Waals surface area (Å²) in [7, 11) is 0. The first-order valence-corrected chi connectivity index (χ1v) is 4.65. The summed E-state index contributed by atoms with van der Waals surface area (Å²) >= 11 is 0. The quantitative estimate of drug-likeness (QED) is 0.500. The molecule has 0 radical (unpaired) electrons. The molecule has 0 amide bonds. The van der Waals surface area contributed by atoms with Gasteiger partial charge in [0.25, 0.3) is 0 Å². The molecule has 0 bridgehead atoms. The summed E-state index contributed by atoms with van der Waals surface area (Å²) in [6.45, 7) is 4.03. The van der Waals surface area contributed by atoms with E-state index in [9.17, 15) is 4.79 Å². The highest BCUT2D eigenvalue weighted by Crippen LogP contribution is 2.47. The third-order valence-corrected chi connectivity index (χ3v) is 3.24. The molecule has 0 aromatic heterocycles. The van der Waals surface area contributed by atoms with Gasteiger partial charge in [0.05, 0.1) is 5.41 Å². The Kier molecular flexibility index (Phi) is 1.67. The summed E-state index contributed by atoms with van der Waals surface area (Å²) in [4.78, 5) is 11.7. The maximum absolute atomic E-state index is 11.7. The Morgan fingerprint density at radius 1 is 1.42 bits per heavy atom. The average molecular weight is 162 g/mol. The maximum atomic E-state index is 11.7. The third-order valence-electron chi connectivity index (χ3n) is 3.24. The van der Waals surface area contributed by atoms with Crippen molar-refractivity contribution in [1.82, 2.24) is 0 Å². The molecule has 0 aromatic carbocycles. The average Bonchev–Trinajstić information content (AvgIpc) is 2.41. The molecule has 0 N–H and O–H groups in total. The van der Waals surface area contributed by atoms with E-state index in [0.717, 1.165) is 32.1 Å². The van der Waals surface area contributed by atoms with Crippen molar-refractivity contribution in [1.29, 1.82) is 0 Å². The number of rotatable bonds is 0. The van der Waals surface area contributed by atoms with E-state index >= 15 is 0 Å². The number of carbonyl (C=O) groups excluding carboxylic acids is 1. The smallest absolute Gasteiger partial charge is 0.165 e. The second kappa shape index (κ2) is 2.58. The van der Waals surface area contributed by atoms with Crippen molar-refractivity contribution in [3.05, 3.63) is 24.3 Å². The van der Waals surface area contributed by atoms with Crippen molar-refractivity contribution in [2.45, 2.75) is 32.1 Å². The van der Waals surface area contributed by atoms with Crippen LogP contribution in [-0.4, -0.2) is 5.78 Å². The highest BCUT2D eigenvalue weighted by atomic mass is 16.1. The maximum Gasteiger partial charge on any atom is 0.165 e. The first-order chi connectivity index (χ1) is 5.76. The van der Waals surface area contributed by atoms with E-state index in [4.69, 9.17) is 0 Å². The van der Waals surface area contributed by atoms with Crippen LogP contribution < -0.4 is 0 Å². The van der Waals surface area contributed by atoms with Gasteiger partial charge in [0, 0.05) is 0 Å². The van der Waals surface area contributed by atoms with Crippen LogP contribution in [0.5, 0.6) is 0 Å². The number of allylic oxidation sites excluding steroid dienone is 3. The Morgan fingerprint density at radius 3 is 2.83 bits per heavy atom. The van der Waals surface area contributed by atoms with E-state index in [1.807, 2.05) is 6.08 Å². The van der Waals surface area contributed by atoms with Gasteiger partial charge in [-0.1, -0.05) is 18.2 Å². The fourth-order valence-electron chi connectivity index (χ4n) is 2.42. The topological polar surface area (TPSA) is 17.1 Å². The lowest BCUT2D eigenvalue weighted by Gasteiger charge is -2.29. The molecule has 1 saturated carbocycles. The summed E-state index contributed by atoms with van der Waals surface area (Å²) in [5.74, 6) is 0.302. The molecule has 1 atom stereocenters. The Bertz CT molecular complexity index is 262. The fourth-order valence-corrected chi connectivity index (χ4v) is 2.42. The molecule has 1 spiro atoms. The minimum absolute atomic E-state index is 0.130. The zero-order chi connectivity index (χ0) is 8.60. The second-order valence-corrected chi connectivity index (χ2v) is 3.84. The Labute approximate surface area is 73.2 Å². The van der Waals surface area contributed by atoms with Crippen LogP contribution in [0, 0.1) is 5.41 Å². The molecule has 0 aromatic rings. The van der Waals surface area contributed by atoms with Crippen LogP contribution >= 0.6 is 0 Å². The molecule has 12 heavy (non-hydrogen) atoms. The van der Waals surface area contributed by atoms with Gasteiger partial charge in [0.15, 0.2) is 5.78 Å². The van der Waals surface area contributed by atoms with E-state index in [-0.39, 0.29) is 5.41 Å². The molecule has 0 saturated heterocycles. The standard InChI is InChI=1S/C11H14O/c1-9-5-4-8-11(9)7-3-2-6-10(11)12/h2,6H,1,3-5,7-8H2. The highest BCUT2D eigenvalue weighted by molar-refractivity contribution is 5.98. The van der Waals surface area contributed by atoms with E-state index < -0.39 is 0 Å². The van der Waals surface area contributed by atoms with Crippen LogP contribution in [0.3, 0.4) is 0 Å². The lowest BCUT2D eigenvalue weighted by Crippen LogP contribution is -2.29. The Hall–Kier alpha value is -0.850. The summed E-state index contributed by atoms with van der Waals surface area (Å²) in [5, 5.41) is 0. The van der Waals surface area contributed by atoms with Crippen LogP contribution in [0.25, 0.3) is 0 Å². The van der Waals surface area contributed by atoms with Crippen LogP contribution in [0.4, 0.5) is 0 Å². The van der Waals surface area contributed by atoms with E-state index in [1.54, 1.807) is 6.08 Å². The van der Waals surface area contributed by atoms with Gasteiger partial charge in [-0.05, 0) is 38.2 Å². The van der Waals surface area contributed by atoms with Crippen LogP contribution in [0.15, 0.2) is 24.3 Å². The molecule has 1 unspecified atom stereocenters. The summed E-state index contributed by atoms with van der Waals surface area (Å²) in [6.07, 6.45) is 9.03. The zero-order valence-electron chi connectivity index (χ0n) is 7.31. The Balaban J connectivity index is 2.35. The second-order valence-electron chi connectivity index (χ2n) is 3.84. The molecular weight excluding hydrogens is 148 g/mol. The Morgan fingerprint density at radius 2 is 2.25 bits per heavy atom. The zero-order valence-corrected chi connectivity index (χ0v) is 7.31. The minimum atomic E-state index is -0.130. The third kappa shape index (κ3) is 0.889. The number of carbonyl (C=O) groups is 1. The van der Waals surface area contributed by atoms with Gasteiger partial charge >= 0.3 is 0 Å². The molecule has 1 fully saturated rings. The summed E-state index contributed by atoms with van der Waals surface area (Å²) in [6, 6.07) is 0. The van der Waals surface area contributed by atoms with E-state index in [1.165, 1.54) is 5.57 Å². The molecule has 1 nitrogen and oxygen atoms in total. The van der Waals surface area contributed by atoms with E-state index in [0.29, 0.717) is 5.78 Å². The molecule has 0 heterocycles. The monoisotopic (exact) mass is 162 g/mol. The van der Waals surface area contributed by atoms with Crippen molar-refractivity contribution >= 4 is 5.78 Å². The number of ketones is 1. The first kappa shape index (κ1) is 7.78. The number of hydrogen-bond acceptors (Lipinski definition) is 1. The summed E-state index contributed by atoms with van der Waals surface area (Å²) < 4.78 is 0. The lowest BCUT2D eigenvalue weighted by molar-refractivity contribution is -0.122. The van der Waals surface area contributed by atoms with Crippen molar-refractivity contribution in [2.24, 2.45) is 5.41 Å². The van der Waals surface area contributed by atoms with Crippen molar-refractivity contribution in [2.75, 3.05) is 0 Å². The predicted molar refractivity (Wildman–Crippen MR) is 48.8 cm³/mol. The van der Waals surface area contributed by atoms with Gasteiger partial charge in [-0.2, -0.15) is 0 Å². The summed E-state index contributed by atoms with van der Waals surface area (Å²) in [5.41, 5.74) is 1.05. The molecule has 2 aliphatic rings. The van der Waals surface area contributed by atoms with Gasteiger partial charge in [0.2, 0.25) is 0 Å². The lowest BCUT2D eigenvalue weighted by atomic mass is 9.72. The SMILES string of the molecule is C=C1CCCC12CCC=CC2=O. The van der Waals surface area contributed by atoms with Crippen LogP contribution in [0.1, 0.15) is 32.1 Å². The van der Waals surface area contributed by atoms with Gasteiger partial charge < -0.3 is 0 Å². The van der Waals surface area contributed by atoms with Crippen LogP contribution in [0.2, 0.25) is 0 Å². The highest BCUT2D eigenvalue weighted by Gasteiger charge is 2.42. The fraction of sp³-hybridized carbons (Fsp3) is 0.545. The van der Waals surface area contributed by atoms with Gasteiger partial charge in [0.1, 0.15) is 0 Å². The normalized spacial score (nSPS) is 35.0. The van der Waals surface area contributed by atoms with Gasteiger partial charge in [-0.3, -0.25) is 4.79 Å². The molecule has 2 aliphatic carbocycles. The van der Waals surface area contributed by atoms with Crippen molar-refractivity contribution in [3.8, 4) is 0 Å². The van der Waals surface area contributed by atoms with Crippen molar-refractivity contribution < 1.29 is 4.79 Å². The molecule has 64 valence electrons.